The molecule has 0 saturated carbocycles. The van der Waals surface area contributed by atoms with E-state index in [1.165, 1.54) is 15.9 Å². The first kappa shape index (κ1) is 20.7. The summed E-state index contributed by atoms with van der Waals surface area (Å²) in [6, 6.07) is 39.8. The highest BCUT2D eigenvalue weighted by Gasteiger charge is 2.35. The van der Waals surface area contributed by atoms with E-state index in [4.69, 9.17) is 0 Å². The van der Waals surface area contributed by atoms with Crippen molar-refractivity contribution in [3.05, 3.63) is 126 Å². The summed E-state index contributed by atoms with van der Waals surface area (Å²) in [4.78, 5) is 12.6. The van der Waals surface area contributed by atoms with Crippen LogP contribution >= 0.6 is 23.9 Å². The van der Waals surface area contributed by atoms with Gasteiger partial charge in [-0.05, 0) is 57.8 Å². The van der Waals surface area contributed by atoms with Gasteiger partial charge in [-0.1, -0.05) is 115 Å². The molecule has 148 valence electrons. The van der Waals surface area contributed by atoms with Crippen LogP contribution in [0, 0.1) is 0 Å². The van der Waals surface area contributed by atoms with E-state index in [9.17, 15) is 4.79 Å². The smallest absolute Gasteiger partial charge is 0.212 e. The molecule has 1 nitrogen and oxygen atoms in total. The molecule has 0 aliphatic rings. The molecule has 0 aromatic heterocycles. The van der Waals surface area contributed by atoms with Gasteiger partial charge in [0.15, 0.2) is 0 Å². The Morgan fingerprint density at radius 1 is 0.600 bits per heavy atom. The molecule has 0 bridgehead atoms. The molecule has 0 amide bonds. The van der Waals surface area contributed by atoms with E-state index in [-0.39, 0.29) is 4.69 Å². The van der Waals surface area contributed by atoms with E-state index in [1.807, 2.05) is 37.3 Å². The second kappa shape index (κ2) is 9.08. The molecule has 3 heteroatoms. The minimum absolute atomic E-state index is 0.0395. The summed E-state index contributed by atoms with van der Waals surface area (Å²) < 4.78 is -0.0395. The molecule has 0 heterocycles. The molecule has 0 N–H and O–H groups in total. The number of halogens is 1. The average molecular weight is 473 g/mol. The van der Waals surface area contributed by atoms with Gasteiger partial charge in [-0.15, -0.1) is 0 Å². The minimum Gasteiger partial charge on any atom is -0.285 e. The standard InChI is InChI=1S/C27H22BrOP/c1-27(26(28)29,21-11-5-2-6-12-21)22-17-19-25(20-18-22)30(23-13-7-3-8-14-23)24-15-9-4-10-16-24/h2-20H,1H3. The fourth-order valence-corrected chi connectivity index (χ4v) is 6.45. The number of benzene rings is 4. The zero-order chi connectivity index (χ0) is 21.0. The van der Waals surface area contributed by atoms with Crippen molar-refractivity contribution in [3.8, 4) is 0 Å². The van der Waals surface area contributed by atoms with Crippen LogP contribution < -0.4 is 15.9 Å². The van der Waals surface area contributed by atoms with Crippen molar-refractivity contribution in [2.45, 2.75) is 12.3 Å². The fraction of sp³-hybridized carbons (Fsp3) is 0.0741. The lowest BCUT2D eigenvalue weighted by atomic mass is 9.77. The number of carbonyl (C=O) groups is 1. The van der Waals surface area contributed by atoms with E-state index < -0.39 is 13.3 Å². The Bertz CT molecular complexity index is 1070. The molecule has 0 aliphatic heterocycles. The second-order valence-corrected chi connectivity index (χ2v) is 10.3. The van der Waals surface area contributed by atoms with Crippen LogP contribution in [0.25, 0.3) is 0 Å². The largest absolute Gasteiger partial charge is 0.285 e. The summed E-state index contributed by atoms with van der Waals surface area (Å²) in [5.74, 6) is 0. The summed E-state index contributed by atoms with van der Waals surface area (Å²) in [7, 11) is -0.660. The normalized spacial score (nSPS) is 13.0. The quantitative estimate of drug-likeness (QED) is 0.261. The van der Waals surface area contributed by atoms with Crippen LogP contribution in [0.5, 0.6) is 0 Å². The van der Waals surface area contributed by atoms with Gasteiger partial charge >= 0.3 is 0 Å². The number of hydrogen-bond donors (Lipinski definition) is 0. The van der Waals surface area contributed by atoms with Crippen molar-refractivity contribution in [3.63, 3.8) is 0 Å². The summed E-state index contributed by atoms with van der Waals surface area (Å²) in [6.07, 6.45) is 0. The summed E-state index contributed by atoms with van der Waals surface area (Å²) in [5, 5.41) is 3.89. The van der Waals surface area contributed by atoms with Gasteiger partial charge in [-0.25, -0.2) is 0 Å². The zero-order valence-corrected chi connectivity index (χ0v) is 19.2. The van der Waals surface area contributed by atoms with Gasteiger partial charge in [0.25, 0.3) is 0 Å². The van der Waals surface area contributed by atoms with E-state index in [2.05, 4.69) is 101 Å². The van der Waals surface area contributed by atoms with Gasteiger partial charge in [-0.2, -0.15) is 0 Å². The average Bonchev–Trinajstić information content (AvgIpc) is 2.81. The third-order valence-corrected chi connectivity index (χ3v) is 8.71. The van der Waals surface area contributed by atoms with Crippen molar-refractivity contribution < 1.29 is 4.79 Å². The van der Waals surface area contributed by atoms with Crippen LogP contribution in [0.15, 0.2) is 115 Å². The van der Waals surface area contributed by atoms with Crippen LogP contribution in [0.1, 0.15) is 18.1 Å². The molecule has 4 aromatic rings. The van der Waals surface area contributed by atoms with Gasteiger partial charge < -0.3 is 0 Å². The first-order valence-electron chi connectivity index (χ1n) is 9.87. The lowest BCUT2D eigenvalue weighted by molar-refractivity contribution is -0.113. The molecule has 0 aliphatic carbocycles. The van der Waals surface area contributed by atoms with E-state index in [1.54, 1.807) is 0 Å². The summed E-state index contributed by atoms with van der Waals surface area (Å²) in [6.45, 7) is 1.98. The molecule has 4 rings (SSSR count). The Morgan fingerprint density at radius 2 is 0.967 bits per heavy atom. The van der Waals surface area contributed by atoms with Crippen LogP contribution in [0.2, 0.25) is 0 Å². The Balaban J connectivity index is 1.78. The highest BCUT2D eigenvalue weighted by molar-refractivity contribution is 9.18. The van der Waals surface area contributed by atoms with E-state index in [0.29, 0.717) is 0 Å². The number of hydrogen-bond acceptors (Lipinski definition) is 1. The van der Waals surface area contributed by atoms with Crippen molar-refractivity contribution >= 4 is 44.5 Å². The highest BCUT2D eigenvalue weighted by Crippen LogP contribution is 2.37. The maximum absolute atomic E-state index is 12.6. The summed E-state index contributed by atoms with van der Waals surface area (Å²) >= 11 is 3.26. The number of rotatable bonds is 6. The maximum Gasteiger partial charge on any atom is 0.212 e. The van der Waals surface area contributed by atoms with Gasteiger partial charge in [0.05, 0.1) is 5.41 Å². The van der Waals surface area contributed by atoms with Gasteiger partial charge in [-0.3, -0.25) is 4.79 Å². The molecular weight excluding hydrogens is 451 g/mol. The third kappa shape index (κ3) is 4.03. The van der Waals surface area contributed by atoms with Crippen molar-refractivity contribution in [2.75, 3.05) is 0 Å². The summed E-state index contributed by atoms with van der Waals surface area (Å²) in [5.41, 5.74) is 1.23. The minimum atomic E-state index is -0.734. The molecule has 0 saturated heterocycles. The molecule has 30 heavy (non-hydrogen) atoms. The van der Waals surface area contributed by atoms with Gasteiger partial charge in [0.1, 0.15) is 0 Å². The lowest BCUT2D eigenvalue weighted by Gasteiger charge is -2.28. The third-order valence-electron chi connectivity index (χ3n) is 5.48. The molecule has 0 spiro atoms. The van der Waals surface area contributed by atoms with Crippen molar-refractivity contribution in [1.29, 1.82) is 0 Å². The second-order valence-electron chi connectivity index (χ2n) is 7.32. The van der Waals surface area contributed by atoms with E-state index >= 15 is 0 Å². The van der Waals surface area contributed by atoms with Crippen LogP contribution in [-0.2, 0) is 10.2 Å². The number of carbonyl (C=O) groups excluding carboxylic acids is 1. The predicted octanol–water partition coefficient (Wildman–Crippen LogP) is 5.67. The molecular formula is C27H22BrOP. The molecule has 0 radical (unpaired) electrons. The first-order valence-corrected chi connectivity index (χ1v) is 12.0. The van der Waals surface area contributed by atoms with Gasteiger partial charge in [0.2, 0.25) is 4.69 Å². The first-order chi connectivity index (χ1) is 14.6. The Hall–Kier alpha value is -2.54. The van der Waals surface area contributed by atoms with Crippen LogP contribution in [-0.4, -0.2) is 4.69 Å². The molecule has 0 fully saturated rings. The lowest BCUT2D eigenvalue weighted by Crippen LogP contribution is -2.31. The highest BCUT2D eigenvalue weighted by atomic mass is 79.9. The Labute approximate surface area is 187 Å². The van der Waals surface area contributed by atoms with Crippen LogP contribution in [0.3, 0.4) is 0 Å². The molecule has 1 atom stereocenters. The Morgan fingerprint density at radius 3 is 1.40 bits per heavy atom. The van der Waals surface area contributed by atoms with Crippen LogP contribution in [0.4, 0.5) is 0 Å². The topological polar surface area (TPSA) is 17.1 Å². The van der Waals surface area contributed by atoms with Gasteiger partial charge in [0, 0.05) is 0 Å². The van der Waals surface area contributed by atoms with E-state index in [0.717, 1.165) is 11.1 Å². The fourth-order valence-electron chi connectivity index (χ4n) is 3.71. The predicted molar refractivity (Wildman–Crippen MR) is 132 cm³/mol. The van der Waals surface area contributed by atoms with Crippen molar-refractivity contribution in [2.24, 2.45) is 0 Å². The monoisotopic (exact) mass is 472 g/mol. The SMILES string of the molecule is CC(C(=O)Br)(c1ccccc1)c1ccc(P(c2ccccc2)c2ccccc2)cc1. The molecule has 4 aromatic carbocycles. The maximum atomic E-state index is 12.6. The zero-order valence-electron chi connectivity index (χ0n) is 16.7. The Kier molecular flexibility index (Phi) is 6.27. The molecule has 1 unspecified atom stereocenters. The van der Waals surface area contributed by atoms with Crippen molar-refractivity contribution in [1.82, 2.24) is 0 Å².